The number of rotatable bonds is 3. The van der Waals surface area contributed by atoms with Gasteiger partial charge in [-0.15, -0.1) is 0 Å². The molecule has 0 spiro atoms. The minimum atomic E-state index is -3.46. The average Bonchev–Trinajstić information content (AvgIpc) is 2.04. The van der Waals surface area contributed by atoms with Crippen molar-refractivity contribution >= 4 is 25.8 Å². The van der Waals surface area contributed by atoms with Crippen LogP contribution in [0, 0.1) is 0 Å². The summed E-state index contributed by atoms with van der Waals surface area (Å²) in [5.74, 6) is -0.463. The fourth-order valence-electron chi connectivity index (χ4n) is 0.908. The van der Waals surface area contributed by atoms with E-state index in [2.05, 4.69) is 15.9 Å². The van der Waals surface area contributed by atoms with Crippen LogP contribution in [0.5, 0.6) is 0 Å². The van der Waals surface area contributed by atoms with Gasteiger partial charge >= 0.3 is 0 Å². The third kappa shape index (κ3) is 2.51. The van der Waals surface area contributed by atoms with Gasteiger partial charge in [0.1, 0.15) is 6.67 Å². The van der Waals surface area contributed by atoms with Gasteiger partial charge in [0.2, 0.25) is 0 Å². The van der Waals surface area contributed by atoms with E-state index >= 15 is 0 Å². The van der Waals surface area contributed by atoms with Crippen LogP contribution in [-0.4, -0.2) is 20.8 Å². The zero-order valence-electron chi connectivity index (χ0n) is 6.70. The molecule has 5 heteroatoms. The van der Waals surface area contributed by atoms with Crippen molar-refractivity contribution in [2.75, 3.05) is 12.4 Å². The summed E-state index contributed by atoms with van der Waals surface area (Å²) < 4.78 is 35.2. The maximum atomic E-state index is 11.9. The molecule has 0 fully saturated rings. The van der Waals surface area contributed by atoms with E-state index in [1.54, 1.807) is 18.2 Å². The van der Waals surface area contributed by atoms with Gasteiger partial charge in [-0.05, 0) is 28.1 Å². The first kappa shape index (κ1) is 10.7. The van der Waals surface area contributed by atoms with Crippen molar-refractivity contribution in [2.24, 2.45) is 0 Å². The van der Waals surface area contributed by atoms with E-state index in [1.165, 1.54) is 6.07 Å². The number of alkyl halides is 1. The van der Waals surface area contributed by atoms with Crippen molar-refractivity contribution in [1.29, 1.82) is 0 Å². The van der Waals surface area contributed by atoms with Crippen LogP contribution < -0.4 is 0 Å². The average molecular weight is 267 g/mol. The molecule has 0 aliphatic heterocycles. The first-order valence-electron chi connectivity index (χ1n) is 3.61. The molecule has 0 saturated carbocycles. The lowest BCUT2D eigenvalue weighted by molar-refractivity contribution is 0.517. The SMILES string of the molecule is O=S(=O)(CCF)c1ccccc1Br. The number of hydrogen-bond donors (Lipinski definition) is 0. The third-order valence-electron chi connectivity index (χ3n) is 1.52. The van der Waals surface area contributed by atoms with Crippen LogP contribution in [-0.2, 0) is 9.84 Å². The minimum absolute atomic E-state index is 0.146. The largest absolute Gasteiger partial charge is 0.250 e. The van der Waals surface area contributed by atoms with Gasteiger partial charge in [0, 0.05) is 4.47 Å². The van der Waals surface area contributed by atoms with Crippen LogP contribution in [0.4, 0.5) is 4.39 Å². The molecule has 0 aliphatic carbocycles. The summed E-state index contributed by atoms with van der Waals surface area (Å²) in [6, 6.07) is 6.38. The van der Waals surface area contributed by atoms with E-state index in [9.17, 15) is 12.8 Å². The van der Waals surface area contributed by atoms with Gasteiger partial charge in [0.05, 0.1) is 10.6 Å². The molecule has 0 saturated heterocycles. The summed E-state index contributed by atoms with van der Waals surface area (Å²) >= 11 is 3.10. The van der Waals surface area contributed by atoms with E-state index in [4.69, 9.17) is 0 Å². The summed E-state index contributed by atoms with van der Waals surface area (Å²) in [4.78, 5) is 0.146. The standard InChI is InChI=1S/C8H8BrFO2S/c9-7-3-1-2-4-8(7)13(11,12)6-5-10/h1-4H,5-6H2. The highest BCUT2D eigenvalue weighted by Gasteiger charge is 2.16. The molecular weight excluding hydrogens is 259 g/mol. The van der Waals surface area contributed by atoms with Crippen molar-refractivity contribution in [1.82, 2.24) is 0 Å². The molecule has 0 aromatic heterocycles. The van der Waals surface area contributed by atoms with E-state index in [0.717, 1.165) is 0 Å². The Morgan fingerprint density at radius 1 is 1.31 bits per heavy atom. The maximum absolute atomic E-state index is 11.9. The molecule has 0 atom stereocenters. The van der Waals surface area contributed by atoms with E-state index < -0.39 is 22.3 Å². The molecule has 0 unspecified atom stereocenters. The molecule has 0 radical (unpaired) electrons. The predicted octanol–water partition coefficient (Wildman–Crippen LogP) is 2.19. The normalized spacial score (nSPS) is 11.5. The maximum Gasteiger partial charge on any atom is 0.182 e. The molecule has 1 rings (SSSR count). The molecule has 72 valence electrons. The Labute approximate surface area is 84.8 Å². The van der Waals surface area contributed by atoms with Gasteiger partial charge < -0.3 is 0 Å². The zero-order chi connectivity index (χ0) is 9.90. The lowest BCUT2D eigenvalue weighted by Crippen LogP contribution is -2.08. The Morgan fingerprint density at radius 3 is 2.46 bits per heavy atom. The lowest BCUT2D eigenvalue weighted by Gasteiger charge is -2.03. The number of halogens is 2. The monoisotopic (exact) mass is 266 g/mol. The molecule has 0 N–H and O–H groups in total. The summed E-state index contributed by atoms with van der Waals surface area (Å²) in [6.07, 6.45) is 0. The predicted molar refractivity (Wildman–Crippen MR) is 52.2 cm³/mol. The highest BCUT2D eigenvalue weighted by molar-refractivity contribution is 9.10. The topological polar surface area (TPSA) is 34.1 Å². The van der Waals surface area contributed by atoms with Crippen LogP contribution in [0.15, 0.2) is 33.6 Å². The second-order valence-corrected chi connectivity index (χ2v) is 5.37. The van der Waals surface area contributed by atoms with Crippen molar-refractivity contribution in [2.45, 2.75) is 4.90 Å². The number of benzene rings is 1. The van der Waals surface area contributed by atoms with Gasteiger partial charge in [0.25, 0.3) is 0 Å². The molecule has 13 heavy (non-hydrogen) atoms. The smallest absolute Gasteiger partial charge is 0.182 e. The van der Waals surface area contributed by atoms with Gasteiger partial charge in [-0.2, -0.15) is 0 Å². The summed E-state index contributed by atoms with van der Waals surface area (Å²) in [6.45, 7) is -0.857. The lowest BCUT2D eigenvalue weighted by atomic mass is 10.4. The highest BCUT2D eigenvalue weighted by atomic mass is 79.9. The quantitative estimate of drug-likeness (QED) is 0.841. The van der Waals surface area contributed by atoms with Crippen LogP contribution >= 0.6 is 15.9 Å². The number of hydrogen-bond acceptors (Lipinski definition) is 2. The van der Waals surface area contributed by atoms with E-state index in [0.29, 0.717) is 4.47 Å². The van der Waals surface area contributed by atoms with E-state index in [-0.39, 0.29) is 4.90 Å². The molecule has 1 aromatic carbocycles. The molecule has 0 amide bonds. The second kappa shape index (κ2) is 4.19. The van der Waals surface area contributed by atoms with Gasteiger partial charge in [-0.1, -0.05) is 12.1 Å². The van der Waals surface area contributed by atoms with Crippen LogP contribution in [0.25, 0.3) is 0 Å². The Bertz CT molecular complexity index is 389. The van der Waals surface area contributed by atoms with Crippen LogP contribution in [0.3, 0.4) is 0 Å². The zero-order valence-corrected chi connectivity index (χ0v) is 9.11. The Morgan fingerprint density at radius 2 is 1.92 bits per heavy atom. The third-order valence-corrected chi connectivity index (χ3v) is 4.19. The van der Waals surface area contributed by atoms with Crippen LogP contribution in [0.2, 0.25) is 0 Å². The first-order chi connectivity index (χ1) is 6.08. The second-order valence-electron chi connectivity index (χ2n) is 2.44. The summed E-state index contributed by atoms with van der Waals surface area (Å²) in [5, 5.41) is 0. The molecule has 0 aliphatic rings. The number of sulfone groups is 1. The Kier molecular flexibility index (Phi) is 3.44. The van der Waals surface area contributed by atoms with Gasteiger partial charge in [-0.3, -0.25) is 0 Å². The summed E-state index contributed by atoms with van der Waals surface area (Å²) in [5.41, 5.74) is 0. The highest BCUT2D eigenvalue weighted by Crippen LogP contribution is 2.21. The van der Waals surface area contributed by atoms with Crippen molar-refractivity contribution < 1.29 is 12.8 Å². The molecule has 1 aromatic rings. The fraction of sp³-hybridized carbons (Fsp3) is 0.250. The van der Waals surface area contributed by atoms with Gasteiger partial charge in [0.15, 0.2) is 9.84 Å². The van der Waals surface area contributed by atoms with E-state index in [1.807, 2.05) is 0 Å². The Balaban J connectivity index is 3.15. The first-order valence-corrected chi connectivity index (χ1v) is 6.05. The van der Waals surface area contributed by atoms with Crippen LogP contribution in [0.1, 0.15) is 0 Å². The fourth-order valence-corrected chi connectivity index (χ4v) is 3.01. The molecule has 2 nitrogen and oxygen atoms in total. The molecule has 0 bridgehead atoms. The minimum Gasteiger partial charge on any atom is -0.250 e. The van der Waals surface area contributed by atoms with Crippen molar-refractivity contribution in [3.05, 3.63) is 28.7 Å². The molecule has 0 heterocycles. The molecular formula is C8H8BrFO2S. The Hall–Kier alpha value is -0.420. The van der Waals surface area contributed by atoms with Crippen molar-refractivity contribution in [3.63, 3.8) is 0 Å². The van der Waals surface area contributed by atoms with Crippen molar-refractivity contribution in [3.8, 4) is 0 Å². The summed E-state index contributed by atoms with van der Waals surface area (Å²) in [7, 11) is -3.46. The van der Waals surface area contributed by atoms with Gasteiger partial charge in [-0.25, -0.2) is 12.8 Å².